The van der Waals surface area contributed by atoms with Crippen LogP contribution in [0.15, 0.2) is 30.0 Å². The minimum atomic E-state index is -0.0235. The molecule has 0 spiro atoms. The largest absolute Gasteiger partial charge is 0.301 e. The molecule has 0 unspecified atom stereocenters. The van der Waals surface area contributed by atoms with Gasteiger partial charge < -0.3 is 4.90 Å². The first-order chi connectivity index (χ1) is 7.59. The van der Waals surface area contributed by atoms with Gasteiger partial charge in [-0.15, -0.1) is 0 Å². The molecule has 1 heteroatoms. The molecular formula is C15H20N+. The highest BCUT2D eigenvalue weighted by atomic mass is 15.2. The summed E-state index contributed by atoms with van der Waals surface area (Å²) >= 11 is 0. The van der Waals surface area contributed by atoms with Crippen LogP contribution in [0.4, 0.5) is 5.69 Å². The molecule has 2 rings (SSSR count). The van der Waals surface area contributed by atoms with E-state index < -0.39 is 0 Å². The third kappa shape index (κ3) is 1.52. The molecule has 0 N–H and O–H groups in total. The average Bonchev–Trinajstić information content (AvgIpc) is 2.47. The molecule has 0 saturated heterocycles. The fraction of sp³-hybridized carbons (Fsp3) is 0.467. The highest BCUT2D eigenvalue weighted by molar-refractivity contribution is 5.69. The van der Waals surface area contributed by atoms with E-state index in [9.17, 15) is 0 Å². The zero-order valence-corrected chi connectivity index (χ0v) is 10.5. The number of nitrogens with zero attached hydrogens (tertiary/aromatic N) is 1. The Morgan fingerprint density at radius 1 is 1.25 bits per heavy atom. The fourth-order valence-corrected chi connectivity index (χ4v) is 2.40. The van der Waals surface area contributed by atoms with Crippen LogP contribution in [0.5, 0.6) is 0 Å². The summed E-state index contributed by atoms with van der Waals surface area (Å²) in [5, 5.41) is 0. The summed E-state index contributed by atoms with van der Waals surface area (Å²) in [6, 6.07) is 8.55. The van der Waals surface area contributed by atoms with E-state index in [0.717, 1.165) is 12.2 Å². The molecule has 16 heavy (non-hydrogen) atoms. The number of fused-ring (bicyclic) bond motifs is 1. The number of rotatable bonds is 3. The lowest BCUT2D eigenvalue weighted by atomic mass is 9.84. The van der Waals surface area contributed by atoms with Crippen molar-refractivity contribution in [2.75, 3.05) is 11.4 Å². The van der Waals surface area contributed by atoms with E-state index in [1.807, 2.05) is 0 Å². The molecule has 1 nitrogen and oxygen atoms in total. The molecule has 84 valence electrons. The predicted molar refractivity (Wildman–Crippen MR) is 69.5 cm³/mol. The molecule has 1 aliphatic rings. The van der Waals surface area contributed by atoms with Gasteiger partial charge in [0.25, 0.3) is 5.70 Å². The van der Waals surface area contributed by atoms with Gasteiger partial charge in [-0.2, -0.15) is 0 Å². The van der Waals surface area contributed by atoms with Crippen molar-refractivity contribution < 1.29 is 0 Å². The predicted octanol–water partition coefficient (Wildman–Crippen LogP) is 3.90. The van der Waals surface area contributed by atoms with E-state index >= 15 is 0 Å². The molecule has 0 aliphatic carbocycles. The lowest BCUT2D eigenvalue weighted by molar-refractivity contribution is 0.625. The van der Waals surface area contributed by atoms with Gasteiger partial charge in [-0.25, -0.2) is 0 Å². The molecule has 0 saturated carbocycles. The third-order valence-electron chi connectivity index (χ3n) is 3.53. The van der Waals surface area contributed by atoms with Crippen molar-refractivity contribution in [2.45, 2.75) is 39.0 Å². The topological polar surface area (TPSA) is 3.24 Å². The van der Waals surface area contributed by atoms with Crippen LogP contribution < -0.4 is 4.90 Å². The van der Waals surface area contributed by atoms with E-state index in [1.54, 1.807) is 0 Å². The van der Waals surface area contributed by atoms with Crippen molar-refractivity contribution in [3.8, 4) is 0 Å². The van der Waals surface area contributed by atoms with Gasteiger partial charge in [0.05, 0.1) is 5.41 Å². The van der Waals surface area contributed by atoms with E-state index in [2.05, 4.69) is 49.9 Å². The number of para-hydroxylation sites is 1. The van der Waals surface area contributed by atoms with Crippen LogP contribution in [0, 0.1) is 6.58 Å². The molecule has 1 aliphatic heterocycles. The number of anilines is 1. The molecule has 0 amide bonds. The Bertz CT molecular complexity index is 404. The Morgan fingerprint density at radius 3 is 2.62 bits per heavy atom. The van der Waals surface area contributed by atoms with Crippen LogP contribution in [0.3, 0.4) is 0 Å². The lowest BCUT2D eigenvalue weighted by Crippen LogP contribution is -2.26. The summed E-state index contributed by atoms with van der Waals surface area (Å²) in [5.74, 6) is 0. The second kappa shape index (κ2) is 3.92. The zero-order chi connectivity index (χ0) is 11.8. The molecule has 1 aromatic rings. The standard InChI is InChI=1S/C15H20N/c1-5-6-11-16-12(2)15(3,4)13-9-7-8-10-14(13)16/h2,7-10H,5-6,11H2,1,3-4H3/q+1. The lowest BCUT2D eigenvalue weighted by Gasteiger charge is -2.17. The summed E-state index contributed by atoms with van der Waals surface area (Å²) in [4.78, 5) is 2.28. The van der Waals surface area contributed by atoms with Gasteiger partial charge in [-0.1, -0.05) is 31.5 Å². The van der Waals surface area contributed by atoms with E-state index in [-0.39, 0.29) is 5.41 Å². The molecule has 0 atom stereocenters. The summed E-state index contributed by atoms with van der Waals surface area (Å²) < 4.78 is 0. The number of hydrogen-bond acceptors (Lipinski definition) is 1. The van der Waals surface area contributed by atoms with Crippen molar-refractivity contribution >= 4 is 5.69 Å². The highest BCUT2D eigenvalue weighted by Crippen LogP contribution is 2.46. The fourth-order valence-electron chi connectivity index (χ4n) is 2.40. The molecule has 0 aromatic heterocycles. The van der Waals surface area contributed by atoms with Gasteiger partial charge in [0.15, 0.2) is 0 Å². The van der Waals surface area contributed by atoms with Gasteiger partial charge in [-0.3, -0.25) is 0 Å². The Morgan fingerprint density at radius 2 is 1.94 bits per heavy atom. The third-order valence-corrected chi connectivity index (χ3v) is 3.53. The zero-order valence-electron chi connectivity index (χ0n) is 10.5. The summed E-state index contributed by atoms with van der Waals surface area (Å²) in [7, 11) is 0. The first-order valence-corrected chi connectivity index (χ1v) is 6.09. The quantitative estimate of drug-likeness (QED) is 0.690. The van der Waals surface area contributed by atoms with Crippen LogP contribution in [0.2, 0.25) is 0 Å². The molecular weight excluding hydrogens is 194 g/mol. The first-order valence-electron chi connectivity index (χ1n) is 6.09. The smallest absolute Gasteiger partial charge is 0.268 e. The Balaban J connectivity index is 2.39. The van der Waals surface area contributed by atoms with Crippen LogP contribution in [0.1, 0.15) is 39.2 Å². The molecule has 1 aromatic carbocycles. The SMILES string of the molecule is [CH+]=C1N(CCCC)c2ccccc2C1(C)C. The maximum Gasteiger partial charge on any atom is 0.268 e. The molecule has 0 radical (unpaired) electrons. The van der Waals surface area contributed by atoms with Crippen molar-refractivity contribution in [1.29, 1.82) is 0 Å². The molecule has 0 bridgehead atoms. The van der Waals surface area contributed by atoms with Crippen molar-refractivity contribution in [3.05, 3.63) is 42.1 Å². The summed E-state index contributed by atoms with van der Waals surface area (Å²) in [6.45, 7) is 13.9. The van der Waals surface area contributed by atoms with Crippen LogP contribution in [-0.4, -0.2) is 6.54 Å². The van der Waals surface area contributed by atoms with Crippen molar-refractivity contribution in [2.24, 2.45) is 0 Å². The summed E-state index contributed by atoms with van der Waals surface area (Å²) in [5.41, 5.74) is 3.61. The van der Waals surface area contributed by atoms with E-state index in [1.165, 1.54) is 24.1 Å². The van der Waals surface area contributed by atoms with Crippen molar-refractivity contribution in [1.82, 2.24) is 0 Å². The number of benzene rings is 1. The highest BCUT2D eigenvalue weighted by Gasteiger charge is 2.44. The minimum absolute atomic E-state index is 0.0235. The van der Waals surface area contributed by atoms with Gasteiger partial charge in [-0.05, 0) is 31.9 Å². The average molecular weight is 214 g/mol. The molecule has 0 fully saturated rings. The van der Waals surface area contributed by atoms with E-state index in [0.29, 0.717) is 0 Å². The second-order valence-corrected chi connectivity index (χ2v) is 5.03. The van der Waals surface area contributed by atoms with Gasteiger partial charge in [0.2, 0.25) is 6.58 Å². The first kappa shape index (κ1) is 11.2. The monoisotopic (exact) mass is 214 g/mol. The number of allylic oxidation sites excluding steroid dienone is 1. The summed E-state index contributed by atoms with van der Waals surface area (Å²) in [6.07, 6.45) is 2.39. The van der Waals surface area contributed by atoms with Crippen LogP contribution in [-0.2, 0) is 5.41 Å². The minimum Gasteiger partial charge on any atom is -0.301 e. The molecule has 1 heterocycles. The second-order valence-electron chi connectivity index (χ2n) is 5.03. The van der Waals surface area contributed by atoms with Gasteiger partial charge in [0.1, 0.15) is 0 Å². The van der Waals surface area contributed by atoms with E-state index in [4.69, 9.17) is 6.58 Å². The van der Waals surface area contributed by atoms with Crippen LogP contribution in [0.25, 0.3) is 0 Å². The Labute approximate surface area is 98.8 Å². The maximum atomic E-state index is 6.29. The van der Waals surface area contributed by atoms with Crippen molar-refractivity contribution in [3.63, 3.8) is 0 Å². The van der Waals surface area contributed by atoms with Crippen LogP contribution >= 0.6 is 0 Å². The van der Waals surface area contributed by atoms with Gasteiger partial charge >= 0.3 is 0 Å². The Hall–Kier alpha value is -1.33. The number of hydrogen-bond donors (Lipinski definition) is 0. The van der Waals surface area contributed by atoms with Gasteiger partial charge in [0, 0.05) is 12.2 Å². The normalized spacial score (nSPS) is 17.6. The Kier molecular flexibility index (Phi) is 2.73. The maximum absolute atomic E-state index is 6.29. The number of unbranched alkanes of at least 4 members (excludes halogenated alkanes) is 1.